The van der Waals surface area contributed by atoms with Gasteiger partial charge in [-0.25, -0.2) is 13.4 Å². The van der Waals surface area contributed by atoms with Crippen LogP contribution in [0.3, 0.4) is 0 Å². The van der Waals surface area contributed by atoms with E-state index >= 15 is 0 Å². The number of hydrogen-bond donors (Lipinski definition) is 1. The Balaban J connectivity index is 1.72. The number of alkyl halides is 2. The van der Waals surface area contributed by atoms with Crippen molar-refractivity contribution in [2.45, 2.75) is 31.1 Å². The first-order valence-corrected chi connectivity index (χ1v) is 12.7. The molecule has 1 aliphatic rings. The quantitative estimate of drug-likeness (QED) is 0.585. The number of halogens is 2. The Kier molecular flexibility index (Phi) is 7.56. The second-order valence-electron chi connectivity index (χ2n) is 7.00. The van der Waals surface area contributed by atoms with Gasteiger partial charge < -0.3 is 0 Å². The summed E-state index contributed by atoms with van der Waals surface area (Å²) in [6.45, 7) is 2.55. The van der Waals surface area contributed by atoms with Gasteiger partial charge in [0.15, 0.2) is 5.13 Å². The molecule has 10 heteroatoms. The standard InChI is InChI=1S/C19H23Cl2N3O3S2/c1-13-2-7-17-16(12-13)22-19(28-17)23-18(25)14-3-5-15(6-4-14)29(26,27)24(10-8-20)11-9-21/h3-6,13H,2,7-12H2,1H3,(H,22,23,25)/t13-/m1/s1. The summed E-state index contributed by atoms with van der Waals surface area (Å²) < 4.78 is 26.7. The third-order valence-electron chi connectivity index (χ3n) is 4.83. The van der Waals surface area contributed by atoms with E-state index in [0.717, 1.165) is 25.0 Å². The van der Waals surface area contributed by atoms with Crippen molar-refractivity contribution in [3.63, 3.8) is 0 Å². The molecule has 0 saturated carbocycles. The largest absolute Gasteiger partial charge is 0.298 e. The lowest BCUT2D eigenvalue weighted by molar-refractivity contribution is 0.102. The van der Waals surface area contributed by atoms with E-state index in [4.69, 9.17) is 23.2 Å². The monoisotopic (exact) mass is 475 g/mol. The first kappa shape index (κ1) is 22.5. The Labute approximate surface area is 185 Å². The highest BCUT2D eigenvalue weighted by Gasteiger charge is 2.24. The number of rotatable bonds is 8. The number of aryl methyl sites for hydroxylation is 1. The molecule has 1 N–H and O–H groups in total. The molecule has 1 heterocycles. The number of fused-ring (bicyclic) bond motifs is 1. The van der Waals surface area contributed by atoms with Crippen molar-refractivity contribution >= 4 is 55.6 Å². The van der Waals surface area contributed by atoms with Crippen LogP contribution in [0, 0.1) is 5.92 Å². The third-order valence-corrected chi connectivity index (χ3v) is 8.15. The Hall–Kier alpha value is -1.19. The van der Waals surface area contributed by atoms with Gasteiger partial charge in [0.1, 0.15) is 0 Å². The second kappa shape index (κ2) is 9.75. The predicted molar refractivity (Wildman–Crippen MR) is 118 cm³/mol. The molecule has 3 rings (SSSR count). The number of sulfonamides is 1. The number of anilines is 1. The molecule has 0 fully saturated rings. The third kappa shape index (κ3) is 5.30. The zero-order valence-corrected chi connectivity index (χ0v) is 19.2. The lowest BCUT2D eigenvalue weighted by atomic mass is 9.93. The maximum Gasteiger partial charge on any atom is 0.257 e. The van der Waals surface area contributed by atoms with Crippen LogP contribution >= 0.6 is 34.5 Å². The van der Waals surface area contributed by atoms with Crippen LogP contribution in [0.1, 0.15) is 34.3 Å². The predicted octanol–water partition coefficient (Wildman–Crippen LogP) is 3.99. The number of nitrogens with zero attached hydrogens (tertiary/aromatic N) is 2. The molecular weight excluding hydrogens is 453 g/mol. The molecule has 0 saturated heterocycles. The number of nitrogens with one attached hydrogen (secondary N) is 1. The van der Waals surface area contributed by atoms with Crippen molar-refractivity contribution < 1.29 is 13.2 Å². The maximum absolute atomic E-state index is 12.7. The molecular formula is C19H23Cl2N3O3S2. The molecule has 1 aliphatic carbocycles. The molecule has 29 heavy (non-hydrogen) atoms. The maximum atomic E-state index is 12.7. The van der Waals surface area contributed by atoms with Crippen molar-refractivity contribution in [3.8, 4) is 0 Å². The van der Waals surface area contributed by atoms with Crippen molar-refractivity contribution in [1.29, 1.82) is 0 Å². The Morgan fingerprint density at radius 2 is 1.90 bits per heavy atom. The molecule has 1 atom stereocenters. The highest BCUT2D eigenvalue weighted by Crippen LogP contribution is 2.32. The van der Waals surface area contributed by atoms with E-state index in [2.05, 4.69) is 17.2 Å². The summed E-state index contributed by atoms with van der Waals surface area (Å²) in [5, 5.41) is 3.41. The van der Waals surface area contributed by atoms with E-state index in [9.17, 15) is 13.2 Å². The summed E-state index contributed by atoms with van der Waals surface area (Å²) in [7, 11) is -3.71. The van der Waals surface area contributed by atoms with Gasteiger partial charge in [-0.3, -0.25) is 10.1 Å². The van der Waals surface area contributed by atoms with Crippen LogP contribution in [0.15, 0.2) is 29.2 Å². The van der Waals surface area contributed by atoms with E-state index in [0.29, 0.717) is 16.6 Å². The minimum absolute atomic E-state index is 0.1000. The fraction of sp³-hybridized carbons (Fsp3) is 0.474. The SMILES string of the molecule is C[C@@H]1CCc2sc(NC(=O)c3ccc(S(=O)(=O)N(CCCl)CCCl)cc3)nc2C1. The smallest absolute Gasteiger partial charge is 0.257 e. The minimum Gasteiger partial charge on any atom is -0.298 e. The highest BCUT2D eigenvalue weighted by atomic mass is 35.5. The van der Waals surface area contributed by atoms with E-state index in [1.807, 2.05) is 0 Å². The number of benzene rings is 1. The summed E-state index contributed by atoms with van der Waals surface area (Å²) in [4.78, 5) is 18.4. The van der Waals surface area contributed by atoms with Crippen molar-refractivity contribution in [2.75, 3.05) is 30.2 Å². The lowest BCUT2D eigenvalue weighted by Crippen LogP contribution is -2.34. The summed E-state index contributed by atoms with van der Waals surface area (Å²) in [6, 6.07) is 5.84. The molecule has 0 spiro atoms. The number of carbonyl (C=O) groups excluding carboxylic acids is 1. The number of hydrogen-bond acceptors (Lipinski definition) is 5. The van der Waals surface area contributed by atoms with Gasteiger partial charge in [-0.15, -0.1) is 34.5 Å². The molecule has 0 bridgehead atoms. The molecule has 0 unspecified atom stereocenters. The molecule has 0 radical (unpaired) electrons. The van der Waals surface area contributed by atoms with Gasteiger partial charge in [-0.2, -0.15) is 4.31 Å². The number of aromatic nitrogens is 1. The Morgan fingerprint density at radius 3 is 2.52 bits per heavy atom. The average molecular weight is 476 g/mol. The van der Waals surface area contributed by atoms with E-state index < -0.39 is 10.0 Å². The van der Waals surface area contributed by atoms with Crippen molar-refractivity contribution in [2.24, 2.45) is 5.92 Å². The number of amides is 1. The van der Waals surface area contributed by atoms with Crippen molar-refractivity contribution in [3.05, 3.63) is 40.4 Å². The zero-order chi connectivity index (χ0) is 21.0. The summed E-state index contributed by atoms with van der Waals surface area (Å²) in [5.41, 5.74) is 1.44. The van der Waals surface area contributed by atoms with Gasteiger partial charge in [0.25, 0.3) is 5.91 Å². The summed E-state index contributed by atoms with van der Waals surface area (Å²) in [6.07, 6.45) is 3.08. The van der Waals surface area contributed by atoms with Gasteiger partial charge in [-0.1, -0.05) is 6.92 Å². The average Bonchev–Trinajstić information content (AvgIpc) is 3.09. The normalized spacial score (nSPS) is 16.6. The molecule has 0 aliphatic heterocycles. The molecule has 158 valence electrons. The van der Waals surface area contributed by atoms with Crippen molar-refractivity contribution in [1.82, 2.24) is 9.29 Å². The molecule has 1 aromatic heterocycles. The van der Waals surface area contributed by atoms with Crippen LogP contribution < -0.4 is 5.32 Å². The fourth-order valence-corrected chi connectivity index (χ4v) is 6.29. The van der Waals surface area contributed by atoms with Gasteiger partial charge in [0.2, 0.25) is 10.0 Å². The van der Waals surface area contributed by atoms with Gasteiger partial charge >= 0.3 is 0 Å². The zero-order valence-electron chi connectivity index (χ0n) is 16.0. The summed E-state index contributed by atoms with van der Waals surface area (Å²) in [5.74, 6) is 0.645. The first-order chi connectivity index (χ1) is 13.8. The second-order valence-corrected chi connectivity index (χ2v) is 10.8. The minimum atomic E-state index is -3.71. The van der Waals surface area contributed by atoms with Crippen LogP contribution in [0.2, 0.25) is 0 Å². The van der Waals surface area contributed by atoms with Crippen LogP contribution in [-0.2, 0) is 22.9 Å². The summed E-state index contributed by atoms with van der Waals surface area (Å²) >= 11 is 12.9. The van der Waals surface area contributed by atoms with E-state index in [-0.39, 0.29) is 35.7 Å². The molecule has 2 aromatic rings. The van der Waals surface area contributed by atoms with E-state index in [1.165, 1.54) is 44.8 Å². The molecule has 1 aromatic carbocycles. The fourth-order valence-electron chi connectivity index (χ4n) is 3.24. The number of carbonyl (C=O) groups is 1. The van der Waals surface area contributed by atoms with Gasteiger partial charge in [0, 0.05) is 35.3 Å². The van der Waals surface area contributed by atoms with Crippen LogP contribution in [0.25, 0.3) is 0 Å². The topological polar surface area (TPSA) is 79.4 Å². The first-order valence-electron chi connectivity index (χ1n) is 9.37. The van der Waals surface area contributed by atoms with Crippen LogP contribution in [-0.4, -0.2) is 48.5 Å². The number of thiazole rings is 1. The lowest BCUT2D eigenvalue weighted by Gasteiger charge is -2.20. The molecule has 6 nitrogen and oxygen atoms in total. The molecule has 1 amide bonds. The van der Waals surface area contributed by atoms with E-state index in [1.54, 1.807) is 0 Å². The van der Waals surface area contributed by atoms with Gasteiger partial charge in [-0.05, 0) is 49.4 Å². The van der Waals surface area contributed by atoms with Gasteiger partial charge in [0.05, 0.1) is 10.6 Å². The Bertz CT molecular complexity index is 956. The Morgan fingerprint density at radius 1 is 1.24 bits per heavy atom. The van der Waals surface area contributed by atoms with Crippen LogP contribution in [0.5, 0.6) is 0 Å². The van der Waals surface area contributed by atoms with Crippen LogP contribution in [0.4, 0.5) is 5.13 Å². The highest BCUT2D eigenvalue weighted by molar-refractivity contribution is 7.89.